The number of hydrogen-bond acceptors (Lipinski definition) is 3. The van der Waals surface area contributed by atoms with E-state index in [1.807, 2.05) is 37.3 Å². The minimum Gasteiger partial charge on any atom is -0.493 e. The molecule has 0 aliphatic rings. The first-order chi connectivity index (χ1) is 14.1. The molecule has 0 fully saturated rings. The van der Waals surface area contributed by atoms with Gasteiger partial charge in [-0.3, -0.25) is 4.79 Å². The first kappa shape index (κ1) is 20.1. The molecule has 3 aromatic carbocycles. The normalized spacial score (nSPS) is 10.7. The average Bonchev–Trinajstić information content (AvgIpc) is 2.73. The Morgan fingerprint density at radius 3 is 2.55 bits per heavy atom. The molecule has 1 amide bonds. The van der Waals surface area contributed by atoms with Gasteiger partial charge in [0.25, 0.3) is 0 Å². The molecule has 0 radical (unpaired) electrons. The summed E-state index contributed by atoms with van der Waals surface area (Å²) >= 11 is 0. The lowest BCUT2D eigenvalue weighted by molar-refractivity contribution is -0.111. The molecule has 0 aliphatic heterocycles. The first-order valence-electron chi connectivity index (χ1n) is 9.16. The van der Waals surface area contributed by atoms with Gasteiger partial charge >= 0.3 is 0 Å². The molecule has 3 aromatic rings. The number of ether oxygens (including phenoxy) is 2. The highest BCUT2D eigenvalue weighted by Crippen LogP contribution is 2.29. The number of aryl methyl sites for hydroxylation is 1. The zero-order valence-corrected chi connectivity index (χ0v) is 16.3. The number of carbonyl (C=O) groups excluding carboxylic acids is 1. The number of rotatable bonds is 7. The fraction of sp³-hybridized carbons (Fsp3) is 0.125. The van der Waals surface area contributed by atoms with Gasteiger partial charge in [-0.15, -0.1) is 0 Å². The van der Waals surface area contributed by atoms with Crippen molar-refractivity contribution in [2.24, 2.45) is 0 Å². The van der Waals surface area contributed by atoms with E-state index in [1.165, 1.54) is 18.2 Å². The minimum absolute atomic E-state index is 0.139. The highest BCUT2D eigenvalue weighted by Gasteiger charge is 2.07. The van der Waals surface area contributed by atoms with Crippen molar-refractivity contribution in [2.75, 3.05) is 12.4 Å². The Morgan fingerprint density at radius 2 is 1.79 bits per heavy atom. The van der Waals surface area contributed by atoms with E-state index in [9.17, 15) is 9.18 Å². The quantitative estimate of drug-likeness (QED) is 0.551. The zero-order valence-electron chi connectivity index (χ0n) is 16.3. The van der Waals surface area contributed by atoms with Crippen molar-refractivity contribution in [2.45, 2.75) is 13.5 Å². The molecule has 148 valence electrons. The lowest BCUT2D eigenvalue weighted by Crippen LogP contribution is -2.09. The van der Waals surface area contributed by atoms with Crippen LogP contribution in [0.5, 0.6) is 11.5 Å². The maximum absolute atomic E-state index is 13.6. The monoisotopic (exact) mass is 391 g/mol. The van der Waals surface area contributed by atoms with Crippen LogP contribution in [0, 0.1) is 12.7 Å². The molecule has 1 N–H and O–H groups in total. The number of halogens is 1. The second-order valence-corrected chi connectivity index (χ2v) is 6.43. The Kier molecular flexibility index (Phi) is 6.63. The molecular formula is C24H22FNO3. The molecule has 0 bridgehead atoms. The van der Waals surface area contributed by atoms with Gasteiger partial charge in [0.2, 0.25) is 5.91 Å². The molecule has 3 rings (SSSR count). The van der Waals surface area contributed by atoms with E-state index in [2.05, 4.69) is 5.32 Å². The Morgan fingerprint density at radius 1 is 1.03 bits per heavy atom. The van der Waals surface area contributed by atoms with Gasteiger partial charge in [0.05, 0.1) is 12.8 Å². The Balaban J connectivity index is 1.66. The molecule has 0 spiro atoms. The number of nitrogens with one attached hydrogen (secondary N) is 1. The van der Waals surface area contributed by atoms with Crippen molar-refractivity contribution in [3.8, 4) is 11.5 Å². The van der Waals surface area contributed by atoms with Gasteiger partial charge in [-0.25, -0.2) is 4.39 Å². The number of para-hydroxylation sites is 1. The largest absolute Gasteiger partial charge is 0.493 e. The van der Waals surface area contributed by atoms with Crippen LogP contribution in [0.1, 0.15) is 16.7 Å². The second-order valence-electron chi connectivity index (χ2n) is 6.43. The molecule has 4 nitrogen and oxygen atoms in total. The van der Waals surface area contributed by atoms with E-state index < -0.39 is 11.7 Å². The standard InChI is InChI=1S/C24H22FNO3/c1-17-7-3-4-8-19(17)16-29-22-13-11-18(15-23(22)28-2)12-14-24(27)26-21-10-6-5-9-20(21)25/h3-15H,16H2,1-2H3,(H,26,27)/b14-12+. The number of carbonyl (C=O) groups is 1. The van der Waals surface area contributed by atoms with Crippen LogP contribution in [0.3, 0.4) is 0 Å². The fourth-order valence-corrected chi connectivity index (χ4v) is 2.74. The summed E-state index contributed by atoms with van der Waals surface area (Å²) < 4.78 is 24.9. The summed E-state index contributed by atoms with van der Waals surface area (Å²) in [7, 11) is 1.56. The van der Waals surface area contributed by atoms with Crippen LogP contribution in [0.15, 0.2) is 72.8 Å². The van der Waals surface area contributed by atoms with Crippen LogP contribution in [-0.4, -0.2) is 13.0 Å². The van der Waals surface area contributed by atoms with E-state index in [0.29, 0.717) is 18.1 Å². The highest BCUT2D eigenvalue weighted by atomic mass is 19.1. The van der Waals surface area contributed by atoms with E-state index in [-0.39, 0.29) is 5.69 Å². The topological polar surface area (TPSA) is 47.6 Å². The van der Waals surface area contributed by atoms with Crippen LogP contribution >= 0.6 is 0 Å². The van der Waals surface area contributed by atoms with Crippen molar-refractivity contribution in [1.82, 2.24) is 0 Å². The van der Waals surface area contributed by atoms with Gasteiger partial charge in [-0.05, 0) is 54.0 Å². The molecule has 0 aliphatic carbocycles. The lowest BCUT2D eigenvalue weighted by Gasteiger charge is -2.12. The molecule has 0 saturated heterocycles. The Labute approximate surface area is 169 Å². The summed E-state index contributed by atoms with van der Waals surface area (Å²) in [6, 6.07) is 19.4. The molecule has 0 unspecified atom stereocenters. The highest BCUT2D eigenvalue weighted by molar-refractivity contribution is 6.02. The van der Waals surface area contributed by atoms with E-state index >= 15 is 0 Å². The van der Waals surface area contributed by atoms with Gasteiger partial charge in [-0.1, -0.05) is 42.5 Å². The Bertz CT molecular complexity index is 1030. The van der Waals surface area contributed by atoms with Crippen molar-refractivity contribution in [1.29, 1.82) is 0 Å². The van der Waals surface area contributed by atoms with Gasteiger partial charge in [-0.2, -0.15) is 0 Å². The summed E-state index contributed by atoms with van der Waals surface area (Å²) in [5.41, 5.74) is 3.16. The van der Waals surface area contributed by atoms with Gasteiger partial charge in [0.15, 0.2) is 11.5 Å². The number of anilines is 1. The van der Waals surface area contributed by atoms with Crippen LogP contribution in [-0.2, 0) is 11.4 Å². The second kappa shape index (κ2) is 9.55. The lowest BCUT2D eigenvalue weighted by atomic mass is 10.1. The minimum atomic E-state index is -0.480. The fourth-order valence-electron chi connectivity index (χ4n) is 2.74. The van der Waals surface area contributed by atoms with Crippen molar-refractivity contribution < 1.29 is 18.7 Å². The summed E-state index contributed by atoms with van der Waals surface area (Å²) in [4.78, 5) is 12.0. The van der Waals surface area contributed by atoms with Crippen LogP contribution < -0.4 is 14.8 Å². The van der Waals surface area contributed by atoms with Crippen molar-refractivity contribution in [3.05, 3.63) is 95.3 Å². The molecule has 0 atom stereocenters. The molecule has 0 aromatic heterocycles. The van der Waals surface area contributed by atoms with E-state index in [0.717, 1.165) is 16.7 Å². The van der Waals surface area contributed by atoms with Crippen LogP contribution in [0.2, 0.25) is 0 Å². The first-order valence-corrected chi connectivity index (χ1v) is 9.16. The number of benzene rings is 3. The van der Waals surface area contributed by atoms with E-state index in [1.54, 1.807) is 37.5 Å². The van der Waals surface area contributed by atoms with Crippen molar-refractivity contribution in [3.63, 3.8) is 0 Å². The molecule has 29 heavy (non-hydrogen) atoms. The van der Waals surface area contributed by atoms with Crippen LogP contribution in [0.4, 0.5) is 10.1 Å². The zero-order chi connectivity index (χ0) is 20.6. The summed E-state index contributed by atoms with van der Waals surface area (Å²) in [5, 5.41) is 2.51. The summed E-state index contributed by atoms with van der Waals surface area (Å²) in [6.07, 6.45) is 2.97. The third kappa shape index (κ3) is 5.45. The third-order valence-corrected chi connectivity index (χ3v) is 4.39. The van der Waals surface area contributed by atoms with Crippen molar-refractivity contribution >= 4 is 17.7 Å². The summed E-state index contributed by atoms with van der Waals surface area (Å²) in [6.45, 7) is 2.47. The number of amides is 1. The van der Waals surface area contributed by atoms with Crippen LogP contribution in [0.25, 0.3) is 6.08 Å². The van der Waals surface area contributed by atoms with E-state index in [4.69, 9.17) is 9.47 Å². The number of methoxy groups -OCH3 is 1. The molecule has 0 saturated carbocycles. The number of hydrogen-bond donors (Lipinski definition) is 1. The SMILES string of the molecule is COc1cc(/C=C/C(=O)Nc2ccccc2F)ccc1OCc1ccccc1C. The predicted octanol–water partition coefficient (Wildman–Crippen LogP) is 5.37. The maximum Gasteiger partial charge on any atom is 0.248 e. The molecule has 5 heteroatoms. The Hall–Kier alpha value is -3.60. The molecule has 0 heterocycles. The summed E-state index contributed by atoms with van der Waals surface area (Å²) in [5.74, 6) is 0.277. The third-order valence-electron chi connectivity index (χ3n) is 4.39. The predicted molar refractivity (Wildman–Crippen MR) is 113 cm³/mol. The van der Waals surface area contributed by atoms with Gasteiger partial charge in [0.1, 0.15) is 12.4 Å². The smallest absolute Gasteiger partial charge is 0.248 e. The van der Waals surface area contributed by atoms with Gasteiger partial charge in [0, 0.05) is 6.08 Å². The maximum atomic E-state index is 13.6. The average molecular weight is 391 g/mol. The van der Waals surface area contributed by atoms with Gasteiger partial charge < -0.3 is 14.8 Å². The molecular weight excluding hydrogens is 369 g/mol.